The van der Waals surface area contributed by atoms with E-state index in [1.165, 1.54) is 51.4 Å². The number of hydrogen-bond acceptors (Lipinski definition) is 6. The smallest absolute Gasteiger partial charge is 0.185 e. The summed E-state index contributed by atoms with van der Waals surface area (Å²) in [6.07, 6.45) is 41.1. The van der Waals surface area contributed by atoms with Crippen LogP contribution in [0.4, 0.5) is 0 Å². The number of likely N-dealkylation sites (N-methyl/N-ethyl adjacent to an activating group) is 1. The maximum atomic E-state index is 14.4. The molecule has 3 atom stereocenters. The summed E-state index contributed by atoms with van der Waals surface area (Å²) >= 11 is 0. The summed E-state index contributed by atoms with van der Waals surface area (Å²) in [6, 6.07) is 0. The highest BCUT2D eigenvalue weighted by Crippen LogP contribution is 2.48. The van der Waals surface area contributed by atoms with Gasteiger partial charge in [0.05, 0.1) is 14.0 Å². The SMILES string of the molecule is CCCCC/C=C\C/C=C\CCCCCCCC(=O)C(O)(CN(C)C)C(O)(C(=O)CCCCCCC/C=C\C/C=C\CCCCC)C(O)([SiH](C)C)C(C)(C)C. The molecule has 0 spiro atoms. The lowest BCUT2D eigenvalue weighted by molar-refractivity contribution is -0.236. The van der Waals surface area contributed by atoms with Crippen LogP contribution in [0, 0.1) is 5.41 Å². The molecule has 0 heterocycles. The third-order valence-electron chi connectivity index (χ3n) is 11.2. The quantitative estimate of drug-likeness (QED) is 0.0336. The summed E-state index contributed by atoms with van der Waals surface area (Å²) in [5.74, 6) is -1.17. The Morgan fingerprint density at radius 2 is 0.873 bits per heavy atom. The molecule has 0 radical (unpaired) electrons. The lowest BCUT2D eigenvalue weighted by atomic mass is 9.64. The number of aliphatic hydroxyl groups is 3. The van der Waals surface area contributed by atoms with E-state index in [9.17, 15) is 24.9 Å². The first-order valence-electron chi connectivity index (χ1n) is 22.6. The summed E-state index contributed by atoms with van der Waals surface area (Å²) in [7, 11) is 1.15. The number of ketones is 2. The van der Waals surface area contributed by atoms with E-state index < -0.39 is 42.2 Å². The van der Waals surface area contributed by atoms with Crippen molar-refractivity contribution < 1.29 is 24.9 Å². The highest BCUT2D eigenvalue weighted by Gasteiger charge is 2.72. The minimum absolute atomic E-state index is 0.00716. The van der Waals surface area contributed by atoms with E-state index in [1.807, 2.05) is 13.1 Å². The maximum absolute atomic E-state index is 14.4. The molecule has 0 bridgehead atoms. The van der Waals surface area contributed by atoms with E-state index in [-0.39, 0.29) is 19.4 Å². The van der Waals surface area contributed by atoms with Crippen LogP contribution in [0.15, 0.2) is 48.6 Å². The summed E-state index contributed by atoms with van der Waals surface area (Å²) < 4.78 is 0. The van der Waals surface area contributed by atoms with E-state index in [2.05, 4.69) is 62.5 Å². The topological polar surface area (TPSA) is 98.1 Å². The zero-order valence-corrected chi connectivity index (χ0v) is 38.6. The van der Waals surface area contributed by atoms with Gasteiger partial charge in [0.1, 0.15) is 0 Å². The van der Waals surface area contributed by atoms with Gasteiger partial charge in [-0.05, 0) is 96.6 Å². The zero-order chi connectivity index (χ0) is 41.6. The van der Waals surface area contributed by atoms with Gasteiger partial charge in [-0.1, -0.05) is 161 Å². The normalized spacial score (nSPS) is 16.3. The first kappa shape index (κ1) is 53.4. The molecule has 6 nitrogen and oxygen atoms in total. The number of hydrogen-bond donors (Lipinski definition) is 3. The van der Waals surface area contributed by atoms with Gasteiger partial charge >= 0.3 is 0 Å². The molecule has 0 amide bonds. The Bertz CT molecular complexity index is 1120. The Morgan fingerprint density at radius 1 is 0.527 bits per heavy atom. The Balaban J connectivity index is 5.39. The molecule has 0 aliphatic rings. The highest BCUT2D eigenvalue weighted by atomic mass is 28.3. The Kier molecular flexibility index (Phi) is 29.5. The Morgan fingerprint density at radius 3 is 1.22 bits per heavy atom. The summed E-state index contributed by atoms with van der Waals surface area (Å²) in [6.45, 7) is 13.4. The average molecular weight is 788 g/mol. The largest absolute Gasteiger partial charge is 0.390 e. The maximum Gasteiger partial charge on any atom is 0.185 e. The van der Waals surface area contributed by atoms with Crippen LogP contribution in [0.25, 0.3) is 0 Å². The second-order valence-corrected chi connectivity index (χ2v) is 20.9. The summed E-state index contributed by atoms with van der Waals surface area (Å²) in [4.78, 5) is 30.2. The third-order valence-corrected chi connectivity index (χ3v) is 14.2. The van der Waals surface area contributed by atoms with Crippen LogP contribution in [0.5, 0.6) is 0 Å². The standard InChI is InChI=1S/C48H89NO5Si/c1-10-12-14-16-18-20-22-24-26-28-30-32-34-36-38-40-43(50)46(52,42-49(6)7)47(53,48(54,55(8)9)45(3,4)5)44(51)41-39-37-35-33-31-29-27-25-23-21-19-17-15-13-11-2/h18-21,24-27,52-55H,10-17,22-23,28-42H2,1-9H3/b20-18-,21-19-,26-24-,27-25-. The van der Waals surface area contributed by atoms with Crippen LogP contribution in [0.3, 0.4) is 0 Å². The van der Waals surface area contributed by atoms with E-state index in [0.29, 0.717) is 12.8 Å². The van der Waals surface area contributed by atoms with Gasteiger partial charge in [0.15, 0.2) is 22.8 Å². The average Bonchev–Trinajstić information content (AvgIpc) is 3.12. The van der Waals surface area contributed by atoms with Crippen molar-refractivity contribution in [3.05, 3.63) is 48.6 Å². The van der Waals surface area contributed by atoms with Crippen LogP contribution in [0.2, 0.25) is 13.1 Å². The van der Waals surface area contributed by atoms with Gasteiger partial charge in [0.2, 0.25) is 0 Å². The zero-order valence-electron chi connectivity index (χ0n) is 37.5. The summed E-state index contributed by atoms with van der Waals surface area (Å²) in [5.41, 5.74) is -6.04. The molecule has 0 aliphatic carbocycles. The molecule has 0 saturated heterocycles. The fourth-order valence-corrected chi connectivity index (χ4v) is 11.0. The predicted molar refractivity (Wildman–Crippen MR) is 240 cm³/mol. The molecule has 0 fully saturated rings. The monoisotopic (exact) mass is 788 g/mol. The summed E-state index contributed by atoms with van der Waals surface area (Å²) in [5, 5.41) is 35.9. The number of nitrogens with zero attached hydrogens (tertiary/aromatic N) is 1. The molecular weight excluding hydrogens is 699 g/mol. The third kappa shape index (κ3) is 19.6. The highest BCUT2D eigenvalue weighted by molar-refractivity contribution is 6.60. The number of Topliss-reactive ketones (excluding diaryl/α,β-unsaturated/α-hetero) is 2. The Hall–Kier alpha value is -1.64. The molecule has 0 aromatic heterocycles. The van der Waals surface area contributed by atoms with Gasteiger partial charge in [0.25, 0.3) is 0 Å². The molecule has 3 N–H and O–H groups in total. The van der Waals surface area contributed by atoms with Crippen molar-refractivity contribution in [2.45, 2.75) is 218 Å². The number of rotatable bonds is 35. The van der Waals surface area contributed by atoms with Crippen LogP contribution in [-0.2, 0) is 9.59 Å². The van der Waals surface area contributed by atoms with Crippen LogP contribution >= 0.6 is 0 Å². The lowest BCUT2D eigenvalue weighted by Crippen LogP contribution is -2.82. The molecular formula is C48H89NO5Si. The lowest BCUT2D eigenvalue weighted by Gasteiger charge is -2.58. The number of unbranched alkanes of at least 4 members (excludes halogenated alkanes) is 16. The van der Waals surface area contributed by atoms with Gasteiger partial charge in [0, 0.05) is 19.4 Å². The second-order valence-electron chi connectivity index (χ2n) is 17.8. The van der Waals surface area contributed by atoms with Crippen LogP contribution in [-0.4, -0.2) is 77.6 Å². The van der Waals surface area contributed by atoms with Gasteiger partial charge < -0.3 is 20.2 Å². The number of carbonyl (C=O) groups is 2. The van der Waals surface area contributed by atoms with Crippen molar-refractivity contribution >= 4 is 20.4 Å². The van der Waals surface area contributed by atoms with Crippen molar-refractivity contribution in [2.75, 3.05) is 20.6 Å². The molecule has 0 aliphatic heterocycles. The van der Waals surface area contributed by atoms with Gasteiger partial charge in [-0.25, -0.2) is 0 Å². The minimum atomic E-state index is -2.63. The predicted octanol–water partition coefficient (Wildman–Crippen LogP) is 11.6. The molecule has 0 saturated carbocycles. The number of carbonyl (C=O) groups excluding carboxylic acids is 2. The minimum Gasteiger partial charge on any atom is -0.390 e. The van der Waals surface area contributed by atoms with E-state index >= 15 is 0 Å². The van der Waals surface area contributed by atoms with E-state index in [0.717, 1.165) is 77.0 Å². The fraction of sp³-hybridized carbons (Fsp3) is 0.792. The van der Waals surface area contributed by atoms with Crippen molar-refractivity contribution in [3.8, 4) is 0 Å². The first-order chi connectivity index (χ1) is 26.1. The van der Waals surface area contributed by atoms with Crippen LogP contribution < -0.4 is 0 Å². The second kappa shape index (κ2) is 30.4. The van der Waals surface area contributed by atoms with Crippen molar-refractivity contribution in [2.24, 2.45) is 5.41 Å². The number of allylic oxidation sites excluding steroid dienone is 8. The molecule has 55 heavy (non-hydrogen) atoms. The molecule has 0 rings (SSSR count). The van der Waals surface area contributed by atoms with E-state index in [4.69, 9.17) is 0 Å². The molecule has 3 unspecified atom stereocenters. The molecule has 0 aromatic carbocycles. The van der Waals surface area contributed by atoms with Crippen molar-refractivity contribution in [3.63, 3.8) is 0 Å². The van der Waals surface area contributed by atoms with Crippen molar-refractivity contribution in [1.82, 2.24) is 4.90 Å². The molecule has 7 heteroatoms. The molecule has 0 aromatic rings. The van der Waals surface area contributed by atoms with Gasteiger partial charge in [-0.2, -0.15) is 0 Å². The first-order valence-corrected chi connectivity index (χ1v) is 25.4. The van der Waals surface area contributed by atoms with Crippen molar-refractivity contribution in [1.29, 1.82) is 0 Å². The van der Waals surface area contributed by atoms with Gasteiger partial charge in [-0.3, -0.25) is 9.59 Å². The Labute approximate surface area is 342 Å². The van der Waals surface area contributed by atoms with Gasteiger partial charge in [-0.15, -0.1) is 0 Å². The van der Waals surface area contributed by atoms with E-state index in [1.54, 1.807) is 39.8 Å². The fourth-order valence-electron chi connectivity index (χ4n) is 8.03. The molecule has 320 valence electrons. The van der Waals surface area contributed by atoms with Crippen LogP contribution in [0.1, 0.15) is 189 Å².